The zero-order valence-corrected chi connectivity index (χ0v) is 57.9. The summed E-state index contributed by atoms with van der Waals surface area (Å²) in [6.45, 7) is 4.99. The molecule has 0 saturated carbocycles. The minimum absolute atomic E-state index is 0.0101. The van der Waals surface area contributed by atoms with Crippen LogP contribution in [0.25, 0.3) is 0 Å². The van der Waals surface area contributed by atoms with Crippen LogP contribution in [0.2, 0.25) is 0 Å². The van der Waals surface area contributed by atoms with E-state index in [0.717, 1.165) is 44.9 Å². The third-order valence-electron chi connectivity index (χ3n) is 18.5. The summed E-state index contributed by atoms with van der Waals surface area (Å²) in [4.78, 5) is 24.6. The van der Waals surface area contributed by atoms with Crippen molar-refractivity contribution < 1.29 is 24.5 Å². The molecule has 3 N–H and O–H groups in total. The third-order valence-corrected chi connectivity index (χ3v) is 18.5. The number of ether oxygens (including phenoxy) is 1. The molecule has 0 bridgehead atoms. The van der Waals surface area contributed by atoms with Crippen molar-refractivity contribution in [3.05, 3.63) is 24.3 Å². The van der Waals surface area contributed by atoms with Crippen LogP contribution in [0, 0.1) is 0 Å². The normalized spacial score (nSPS) is 12.6. The van der Waals surface area contributed by atoms with Gasteiger partial charge in [-0.25, -0.2) is 0 Å². The van der Waals surface area contributed by atoms with Crippen molar-refractivity contribution in [2.24, 2.45) is 0 Å². The highest BCUT2D eigenvalue weighted by atomic mass is 16.5. The van der Waals surface area contributed by atoms with Crippen LogP contribution in [0.4, 0.5) is 0 Å². The lowest BCUT2D eigenvalue weighted by atomic mass is 10.0. The van der Waals surface area contributed by atoms with E-state index >= 15 is 0 Å². The number of hydrogen-bond donors (Lipinski definition) is 3. The van der Waals surface area contributed by atoms with E-state index in [2.05, 4.69) is 43.5 Å². The van der Waals surface area contributed by atoms with E-state index in [1.807, 2.05) is 0 Å². The van der Waals surface area contributed by atoms with Crippen LogP contribution in [0.3, 0.4) is 0 Å². The molecule has 0 aliphatic heterocycles. The van der Waals surface area contributed by atoms with Crippen molar-refractivity contribution in [2.45, 2.75) is 456 Å². The zero-order valence-electron chi connectivity index (χ0n) is 57.9. The SMILES string of the molecule is CCCCCCC/C=C\CCCCCCCC(=O)OCCCCCCCCCCCCCC/C=C\CCCCCCCCCCCCCCCCCC(=O)NC(CO)C(O)CCCCCCCCCCCCCCCCCCCCCCCCC. The molecule has 0 heterocycles. The number of rotatable bonds is 74. The molecule has 1 amide bonds. The highest BCUT2D eigenvalue weighted by Gasteiger charge is 2.20. The summed E-state index contributed by atoms with van der Waals surface area (Å²) < 4.78 is 5.49. The number of unbranched alkanes of at least 4 members (excludes halogenated alkanes) is 59. The quantitative estimate of drug-likeness (QED) is 0.0320. The second kappa shape index (κ2) is 74.8. The first-order valence-electron chi connectivity index (χ1n) is 39.1. The number of carbonyl (C=O) groups is 2. The predicted octanol–water partition coefficient (Wildman–Crippen LogP) is 25.7. The van der Waals surface area contributed by atoms with E-state index in [1.165, 1.54) is 366 Å². The summed E-state index contributed by atoms with van der Waals surface area (Å²) >= 11 is 0. The molecular weight excluding hydrogens is 1040 g/mol. The number of carbonyl (C=O) groups excluding carboxylic acids is 2. The van der Waals surface area contributed by atoms with Gasteiger partial charge in [0.05, 0.1) is 25.4 Å². The smallest absolute Gasteiger partial charge is 0.305 e. The van der Waals surface area contributed by atoms with E-state index in [1.54, 1.807) is 0 Å². The number of aliphatic hydroxyl groups is 2. The molecule has 0 radical (unpaired) electrons. The standard InChI is InChI=1S/C79H153NO5/c1-3-5-7-9-11-13-15-17-19-20-21-22-32-35-38-41-44-47-51-55-59-63-67-71-77(82)76(75-81)80-78(83)72-68-64-60-56-52-48-45-42-39-36-33-30-28-26-24-23-25-27-29-31-34-37-40-43-46-50-54-58-62-66-70-74-85-79(84)73-69-65-61-57-53-49-18-16-14-12-10-8-6-4-2/h16,18,25,27,76-77,81-82H,3-15,17,19-24,26,28-75H2,1-2H3,(H,80,83)/b18-16-,27-25-. The first kappa shape index (κ1) is 83.3. The zero-order chi connectivity index (χ0) is 61.3. The monoisotopic (exact) mass is 1200 g/mol. The molecule has 0 saturated heterocycles. The van der Waals surface area contributed by atoms with Gasteiger partial charge in [-0.3, -0.25) is 9.59 Å². The average molecular weight is 1200 g/mol. The third kappa shape index (κ3) is 71.3. The molecular formula is C79H153NO5. The van der Waals surface area contributed by atoms with Gasteiger partial charge in [0.2, 0.25) is 5.91 Å². The lowest BCUT2D eigenvalue weighted by Gasteiger charge is -2.22. The van der Waals surface area contributed by atoms with Crippen molar-refractivity contribution >= 4 is 11.9 Å². The van der Waals surface area contributed by atoms with Gasteiger partial charge in [0.1, 0.15) is 0 Å². The Bertz CT molecular complexity index is 1330. The number of aliphatic hydroxyl groups excluding tert-OH is 2. The van der Waals surface area contributed by atoms with Gasteiger partial charge >= 0.3 is 5.97 Å². The first-order valence-corrected chi connectivity index (χ1v) is 39.1. The second-order valence-electron chi connectivity index (χ2n) is 27.0. The summed E-state index contributed by atoms with van der Waals surface area (Å²) in [6.07, 6.45) is 95.5. The summed E-state index contributed by atoms with van der Waals surface area (Å²) in [5.74, 6) is -0.0173. The highest BCUT2D eigenvalue weighted by molar-refractivity contribution is 5.76. The Balaban J connectivity index is 3.36. The van der Waals surface area contributed by atoms with Crippen LogP contribution in [0.5, 0.6) is 0 Å². The fourth-order valence-corrected chi connectivity index (χ4v) is 12.5. The van der Waals surface area contributed by atoms with Crippen LogP contribution in [0.1, 0.15) is 444 Å². The van der Waals surface area contributed by atoms with E-state index in [4.69, 9.17) is 4.74 Å². The fraction of sp³-hybridized carbons (Fsp3) is 0.924. The highest BCUT2D eigenvalue weighted by Crippen LogP contribution is 2.20. The lowest BCUT2D eigenvalue weighted by molar-refractivity contribution is -0.143. The van der Waals surface area contributed by atoms with Crippen molar-refractivity contribution in [3.63, 3.8) is 0 Å². The average Bonchev–Trinajstić information content (AvgIpc) is 3.50. The van der Waals surface area contributed by atoms with Gasteiger partial charge in [-0.1, -0.05) is 378 Å². The maximum absolute atomic E-state index is 12.6. The second-order valence-corrected chi connectivity index (χ2v) is 27.0. The topological polar surface area (TPSA) is 95.9 Å². The van der Waals surface area contributed by atoms with E-state index in [0.29, 0.717) is 25.9 Å². The largest absolute Gasteiger partial charge is 0.466 e. The van der Waals surface area contributed by atoms with Crippen LogP contribution in [-0.4, -0.2) is 47.4 Å². The summed E-state index contributed by atoms with van der Waals surface area (Å²) in [5, 5.41) is 23.5. The Labute approximate surface area is 532 Å². The van der Waals surface area contributed by atoms with Gasteiger partial charge in [0, 0.05) is 12.8 Å². The van der Waals surface area contributed by atoms with Crippen molar-refractivity contribution in [3.8, 4) is 0 Å². The van der Waals surface area contributed by atoms with Crippen LogP contribution in [-0.2, 0) is 14.3 Å². The van der Waals surface area contributed by atoms with E-state index in [-0.39, 0.29) is 18.5 Å². The molecule has 0 rings (SSSR count). The molecule has 0 spiro atoms. The summed E-state index contributed by atoms with van der Waals surface area (Å²) in [6, 6.07) is -0.541. The first-order chi connectivity index (χ1) is 42.0. The van der Waals surface area contributed by atoms with Gasteiger partial charge < -0.3 is 20.3 Å². The number of esters is 1. The molecule has 504 valence electrons. The minimum Gasteiger partial charge on any atom is -0.466 e. The number of nitrogens with one attached hydrogen (secondary N) is 1. The summed E-state index contributed by atoms with van der Waals surface area (Å²) in [7, 11) is 0. The van der Waals surface area contributed by atoms with Crippen molar-refractivity contribution in [1.29, 1.82) is 0 Å². The molecule has 6 heteroatoms. The maximum Gasteiger partial charge on any atom is 0.305 e. The van der Waals surface area contributed by atoms with Crippen LogP contribution < -0.4 is 5.32 Å². The number of hydrogen-bond acceptors (Lipinski definition) is 5. The van der Waals surface area contributed by atoms with Crippen molar-refractivity contribution in [2.75, 3.05) is 13.2 Å². The molecule has 2 unspecified atom stereocenters. The number of amides is 1. The molecule has 0 aliphatic rings. The Morgan fingerprint density at radius 2 is 0.553 bits per heavy atom. The molecule has 0 aromatic carbocycles. The fourth-order valence-electron chi connectivity index (χ4n) is 12.5. The molecule has 0 fully saturated rings. The molecule has 0 aromatic heterocycles. The molecule has 85 heavy (non-hydrogen) atoms. The molecule has 0 aromatic rings. The lowest BCUT2D eigenvalue weighted by Crippen LogP contribution is -2.45. The van der Waals surface area contributed by atoms with Gasteiger partial charge in [-0.05, 0) is 77.0 Å². The van der Waals surface area contributed by atoms with Gasteiger partial charge in [0.15, 0.2) is 0 Å². The molecule has 6 nitrogen and oxygen atoms in total. The Morgan fingerprint density at radius 1 is 0.318 bits per heavy atom. The van der Waals surface area contributed by atoms with Gasteiger partial charge in [-0.15, -0.1) is 0 Å². The van der Waals surface area contributed by atoms with Gasteiger partial charge in [0.25, 0.3) is 0 Å². The Morgan fingerprint density at radius 3 is 0.835 bits per heavy atom. The molecule has 0 aliphatic carbocycles. The van der Waals surface area contributed by atoms with E-state index in [9.17, 15) is 19.8 Å². The minimum atomic E-state index is -0.664. The van der Waals surface area contributed by atoms with Crippen molar-refractivity contribution in [1.82, 2.24) is 5.32 Å². The summed E-state index contributed by atoms with van der Waals surface area (Å²) in [5.41, 5.74) is 0. The number of allylic oxidation sites excluding steroid dienone is 4. The van der Waals surface area contributed by atoms with Gasteiger partial charge in [-0.2, -0.15) is 0 Å². The van der Waals surface area contributed by atoms with E-state index < -0.39 is 12.1 Å². The Hall–Kier alpha value is -1.66. The van der Waals surface area contributed by atoms with Crippen LogP contribution in [0.15, 0.2) is 24.3 Å². The molecule has 2 atom stereocenters. The Kier molecular flexibility index (Phi) is 73.3. The predicted molar refractivity (Wildman–Crippen MR) is 375 cm³/mol. The van der Waals surface area contributed by atoms with Crippen LogP contribution >= 0.6 is 0 Å². The maximum atomic E-state index is 12.6.